The maximum atomic E-state index is 11.5. The van der Waals surface area contributed by atoms with Crippen molar-refractivity contribution >= 4 is 26.8 Å². The summed E-state index contributed by atoms with van der Waals surface area (Å²) in [5.41, 5.74) is 2.03. The van der Waals surface area contributed by atoms with Crippen molar-refractivity contribution in [2.45, 2.75) is 19.0 Å². The number of sulfone groups is 1. The Kier molecular flexibility index (Phi) is 4.25. The Morgan fingerprint density at radius 2 is 2.22 bits per heavy atom. The van der Waals surface area contributed by atoms with E-state index >= 15 is 0 Å². The molecule has 0 saturated carbocycles. The van der Waals surface area contributed by atoms with Crippen molar-refractivity contribution in [3.8, 4) is 0 Å². The Morgan fingerprint density at radius 3 is 2.87 bits per heavy atom. The van der Waals surface area contributed by atoms with E-state index in [-0.39, 0.29) is 17.5 Å². The molecule has 0 aliphatic carbocycles. The summed E-state index contributed by atoms with van der Waals surface area (Å²) in [4.78, 5) is 8.76. The van der Waals surface area contributed by atoms with Gasteiger partial charge in [-0.2, -0.15) is 0 Å². The van der Waals surface area contributed by atoms with E-state index in [0.29, 0.717) is 18.9 Å². The van der Waals surface area contributed by atoms with Gasteiger partial charge in [-0.3, -0.25) is 4.99 Å². The van der Waals surface area contributed by atoms with Crippen LogP contribution in [-0.4, -0.2) is 48.5 Å². The van der Waals surface area contributed by atoms with Crippen molar-refractivity contribution in [2.75, 3.05) is 18.6 Å². The molecule has 7 nitrogen and oxygen atoms in total. The number of para-hydroxylation sites is 2. The van der Waals surface area contributed by atoms with Crippen molar-refractivity contribution in [3.63, 3.8) is 0 Å². The van der Waals surface area contributed by atoms with Crippen LogP contribution in [0.4, 0.5) is 0 Å². The van der Waals surface area contributed by atoms with Crippen molar-refractivity contribution in [1.29, 1.82) is 0 Å². The first-order valence-corrected chi connectivity index (χ1v) is 9.38. The fourth-order valence-corrected chi connectivity index (χ4v) is 4.49. The number of imidazole rings is 1. The number of hydrogen-bond donors (Lipinski definition) is 2. The minimum absolute atomic E-state index is 0.0772. The highest BCUT2D eigenvalue weighted by molar-refractivity contribution is 7.91. The molecule has 2 aromatic rings. The SMILES string of the molecule is CN=C(NCc1nc2ccccc2n1C)NC1CCS(=O)(=O)C1. The minimum atomic E-state index is -2.90. The molecule has 0 radical (unpaired) electrons. The molecule has 0 bridgehead atoms. The first-order chi connectivity index (χ1) is 11.0. The Hall–Kier alpha value is -2.09. The molecule has 1 fully saturated rings. The molecule has 8 heteroatoms. The van der Waals surface area contributed by atoms with E-state index in [4.69, 9.17) is 0 Å². The molecule has 124 valence electrons. The number of rotatable bonds is 3. The molecular formula is C15H21N5O2S. The molecule has 1 aliphatic rings. The molecule has 2 heterocycles. The van der Waals surface area contributed by atoms with E-state index < -0.39 is 9.84 Å². The van der Waals surface area contributed by atoms with Gasteiger partial charge in [0.2, 0.25) is 0 Å². The Labute approximate surface area is 135 Å². The fourth-order valence-electron chi connectivity index (χ4n) is 2.81. The largest absolute Gasteiger partial charge is 0.353 e. The molecule has 1 aromatic heterocycles. The molecule has 1 atom stereocenters. The van der Waals surface area contributed by atoms with Crippen LogP contribution in [0.15, 0.2) is 29.3 Å². The molecular weight excluding hydrogens is 314 g/mol. The first kappa shape index (κ1) is 15.8. The van der Waals surface area contributed by atoms with Gasteiger partial charge in [-0.25, -0.2) is 13.4 Å². The highest BCUT2D eigenvalue weighted by Gasteiger charge is 2.28. The molecule has 2 N–H and O–H groups in total. The quantitative estimate of drug-likeness (QED) is 0.627. The average Bonchev–Trinajstić information content (AvgIpc) is 3.04. The lowest BCUT2D eigenvalue weighted by Crippen LogP contribution is -2.43. The highest BCUT2D eigenvalue weighted by atomic mass is 32.2. The van der Waals surface area contributed by atoms with Crippen LogP contribution in [0.2, 0.25) is 0 Å². The van der Waals surface area contributed by atoms with Gasteiger partial charge in [-0.15, -0.1) is 0 Å². The van der Waals surface area contributed by atoms with Crippen molar-refractivity contribution < 1.29 is 8.42 Å². The highest BCUT2D eigenvalue weighted by Crippen LogP contribution is 2.14. The maximum absolute atomic E-state index is 11.5. The second-order valence-electron chi connectivity index (χ2n) is 5.75. The van der Waals surface area contributed by atoms with Gasteiger partial charge in [0.15, 0.2) is 15.8 Å². The molecule has 0 spiro atoms. The van der Waals surface area contributed by atoms with Gasteiger partial charge in [0.25, 0.3) is 0 Å². The number of guanidine groups is 1. The minimum Gasteiger partial charge on any atom is -0.353 e. The van der Waals surface area contributed by atoms with E-state index in [1.165, 1.54) is 0 Å². The van der Waals surface area contributed by atoms with Crippen LogP contribution in [-0.2, 0) is 23.4 Å². The lowest BCUT2D eigenvalue weighted by molar-refractivity contribution is 0.599. The molecule has 1 saturated heterocycles. The molecule has 1 aliphatic heterocycles. The standard InChI is InChI=1S/C15H21N5O2S/c1-16-15(18-11-7-8-23(21,22)10-11)17-9-14-19-12-5-3-4-6-13(12)20(14)2/h3-6,11H,7-10H2,1-2H3,(H2,16,17,18). The lowest BCUT2D eigenvalue weighted by atomic mass is 10.3. The molecule has 1 aromatic carbocycles. The topological polar surface area (TPSA) is 88.4 Å². The zero-order chi connectivity index (χ0) is 16.4. The maximum Gasteiger partial charge on any atom is 0.191 e. The summed E-state index contributed by atoms with van der Waals surface area (Å²) in [6.45, 7) is 0.518. The lowest BCUT2D eigenvalue weighted by Gasteiger charge is -2.15. The number of nitrogens with one attached hydrogen (secondary N) is 2. The molecule has 3 rings (SSSR count). The Morgan fingerprint density at radius 1 is 1.43 bits per heavy atom. The van der Waals surface area contributed by atoms with Gasteiger partial charge in [0.1, 0.15) is 5.82 Å². The predicted octanol–water partition coefficient (Wildman–Crippen LogP) is 0.425. The average molecular weight is 335 g/mol. The van der Waals surface area contributed by atoms with Gasteiger partial charge < -0.3 is 15.2 Å². The second-order valence-corrected chi connectivity index (χ2v) is 7.97. The van der Waals surface area contributed by atoms with Gasteiger partial charge in [-0.1, -0.05) is 12.1 Å². The van der Waals surface area contributed by atoms with Crippen molar-refractivity contribution in [3.05, 3.63) is 30.1 Å². The molecule has 23 heavy (non-hydrogen) atoms. The summed E-state index contributed by atoms with van der Waals surface area (Å²) in [5.74, 6) is 1.90. The van der Waals surface area contributed by atoms with Gasteiger partial charge in [0, 0.05) is 20.1 Å². The van der Waals surface area contributed by atoms with Crippen LogP contribution in [0.5, 0.6) is 0 Å². The number of aromatic nitrogens is 2. The van der Waals surface area contributed by atoms with Crippen LogP contribution < -0.4 is 10.6 Å². The second kappa shape index (κ2) is 6.19. The summed E-state index contributed by atoms with van der Waals surface area (Å²) >= 11 is 0. The van der Waals surface area contributed by atoms with Crippen LogP contribution >= 0.6 is 0 Å². The smallest absolute Gasteiger partial charge is 0.191 e. The number of aryl methyl sites for hydroxylation is 1. The monoisotopic (exact) mass is 335 g/mol. The zero-order valence-electron chi connectivity index (χ0n) is 13.3. The Balaban J connectivity index is 1.65. The van der Waals surface area contributed by atoms with Gasteiger partial charge in [-0.05, 0) is 18.6 Å². The Bertz CT molecular complexity index is 841. The number of aliphatic imine (C=N–C) groups is 1. The third kappa shape index (κ3) is 3.47. The first-order valence-electron chi connectivity index (χ1n) is 7.56. The summed E-state index contributed by atoms with van der Waals surface area (Å²) in [6, 6.07) is 7.89. The summed E-state index contributed by atoms with van der Waals surface area (Å²) in [7, 11) is 0.750. The van der Waals surface area contributed by atoms with E-state index in [1.54, 1.807) is 7.05 Å². The van der Waals surface area contributed by atoms with Crippen LogP contribution in [0, 0.1) is 0 Å². The van der Waals surface area contributed by atoms with E-state index in [9.17, 15) is 8.42 Å². The predicted molar refractivity (Wildman–Crippen MR) is 91.1 cm³/mol. The summed E-state index contributed by atoms with van der Waals surface area (Å²) < 4.78 is 25.1. The zero-order valence-corrected chi connectivity index (χ0v) is 14.1. The number of nitrogens with zero attached hydrogens (tertiary/aromatic N) is 3. The van der Waals surface area contributed by atoms with Crippen LogP contribution in [0.3, 0.4) is 0 Å². The summed E-state index contributed by atoms with van der Waals surface area (Å²) in [5, 5.41) is 6.37. The number of fused-ring (bicyclic) bond motifs is 1. The third-order valence-corrected chi connectivity index (χ3v) is 5.86. The van der Waals surface area contributed by atoms with E-state index in [2.05, 4.69) is 20.6 Å². The van der Waals surface area contributed by atoms with Gasteiger partial charge >= 0.3 is 0 Å². The van der Waals surface area contributed by atoms with Gasteiger partial charge in [0.05, 0.1) is 29.1 Å². The van der Waals surface area contributed by atoms with Crippen molar-refractivity contribution in [1.82, 2.24) is 20.2 Å². The third-order valence-electron chi connectivity index (χ3n) is 4.09. The molecule has 0 amide bonds. The van der Waals surface area contributed by atoms with E-state index in [1.807, 2.05) is 35.9 Å². The fraction of sp³-hybridized carbons (Fsp3) is 0.467. The number of benzene rings is 1. The molecule has 1 unspecified atom stereocenters. The normalized spacial score (nSPS) is 20.8. The van der Waals surface area contributed by atoms with Crippen molar-refractivity contribution in [2.24, 2.45) is 12.0 Å². The van der Waals surface area contributed by atoms with Crippen LogP contribution in [0.1, 0.15) is 12.2 Å². The van der Waals surface area contributed by atoms with E-state index in [0.717, 1.165) is 16.9 Å². The number of hydrogen-bond acceptors (Lipinski definition) is 4. The summed E-state index contributed by atoms with van der Waals surface area (Å²) in [6.07, 6.45) is 0.620. The van der Waals surface area contributed by atoms with Crippen LogP contribution in [0.25, 0.3) is 11.0 Å².